The summed E-state index contributed by atoms with van der Waals surface area (Å²) in [7, 11) is 0. The highest BCUT2D eigenvalue weighted by molar-refractivity contribution is 5.86. The molecule has 6 heteroatoms. The molecule has 3 aromatic rings. The number of piperidine rings is 1. The second kappa shape index (κ2) is 8.25. The van der Waals surface area contributed by atoms with Crippen LogP contribution in [0.5, 0.6) is 0 Å². The van der Waals surface area contributed by atoms with Gasteiger partial charge in [-0.2, -0.15) is 0 Å². The summed E-state index contributed by atoms with van der Waals surface area (Å²) in [5.41, 5.74) is 11.0. The van der Waals surface area contributed by atoms with Crippen molar-refractivity contribution in [3.8, 4) is 0 Å². The van der Waals surface area contributed by atoms with Crippen LogP contribution < -0.4 is 5.73 Å². The topological polar surface area (TPSA) is 73.4 Å². The lowest BCUT2D eigenvalue weighted by Gasteiger charge is -2.33. The van der Waals surface area contributed by atoms with Crippen LogP contribution in [-0.2, 0) is 11.3 Å². The third-order valence-corrected chi connectivity index (χ3v) is 5.87. The van der Waals surface area contributed by atoms with E-state index in [2.05, 4.69) is 35.9 Å². The summed E-state index contributed by atoms with van der Waals surface area (Å²) in [6.45, 7) is 9.97. The number of rotatable bonds is 3. The van der Waals surface area contributed by atoms with Gasteiger partial charge in [0.2, 0.25) is 0 Å². The molecule has 0 bridgehead atoms. The van der Waals surface area contributed by atoms with E-state index in [1.54, 1.807) is 0 Å². The van der Waals surface area contributed by atoms with E-state index in [0.717, 1.165) is 49.2 Å². The van der Waals surface area contributed by atoms with Crippen LogP contribution in [0.2, 0.25) is 0 Å². The Balaban J connectivity index is 1.39. The number of anilines is 1. The molecule has 6 nitrogen and oxygen atoms in total. The van der Waals surface area contributed by atoms with E-state index in [9.17, 15) is 4.79 Å². The highest BCUT2D eigenvalue weighted by Crippen LogP contribution is 2.29. The average Bonchev–Trinajstić information content (AvgIpc) is 3.10. The number of nitrogens with two attached hydrogens (primary N) is 1. The molecule has 0 saturated carbocycles. The van der Waals surface area contributed by atoms with Crippen LogP contribution in [0.4, 0.5) is 10.5 Å². The smallest absolute Gasteiger partial charge is 0.410 e. The van der Waals surface area contributed by atoms with E-state index in [4.69, 9.17) is 15.5 Å². The van der Waals surface area contributed by atoms with Crippen molar-refractivity contribution >= 4 is 22.7 Å². The number of fused-ring (bicyclic) bond motifs is 1. The first kappa shape index (κ1) is 21.2. The number of carbonyl (C=O) groups excluding carboxylic acids is 1. The van der Waals surface area contributed by atoms with Gasteiger partial charge in [0.25, 0.3) is 0 Å². The Hall–Kier alpha value is -3.02. The molecule has 1 aromatic carbocycles. The van der Waals surface area contributed by atoms with Crippen LogP contribution in [0.15, 0.2) is 42.7 Å². The Morgan fingerprint density at radius 3 is 2.58 bits per heavy atom. The summed E-state index contributed by atoms with van der Waals surface area (Å²) in [4.78, 5) is 18.8. The fourth-order valence-electron chi connectivity index (χ4n) is 4.40. The molecule has 1 amide bonds. The number of benzene rings is 1. The Morgan fingerprint density at radius 2 is 1.94 bits per heavy atom. The molecule has 0 atom stereocenters. The monoisotopic (exact) mass is 420 g/mol. The van der Waals surface area contributed by atoms with Gasteiger partial charge in [0.05, 0.1) is 17.8 Å². The number of likely N-dealkylation sites (tertiary alicyclic amines) is 1. The molecule has 1 aliphatic rings. The maximum absolute atomic E-state index is 12.3. The molecular weight excluding hydrogens is 388 g/mol. The van der Waals surface area contributed by atoms with E-state index >= 15 is 0 Å². The van der Waals surface area contributed by atoms with Crippen molar-refractivity contribution in [2.24, 2.45) is 0 Å². The standard InChI is InChI=1S/C25H32N4O2/c1-17-13-21(26)14-19-9-12-29(23(17)19)16-22-6-5-20(15-27-22)18-7-10-28(11-8-18)24(30)31-25(2,3)4/h5-6,9,12-15,18H,7-8,10-11,16,26H2,1-4H3. The lowest BCUT2D eigenvalue weighted by Crippen LogP contribution is -2.41. The molecule has 1 fully saturated rings. The van der Waals surface area contributed by atoms with Crippen LogP contribution in [0.25, 0.3) is 10.9 Å². The Morgan fingerprint density at radius 1 is 1.19 bits per heavy atom. The maximum Gasteiger partial charge on any atom is 0.410 e. The Kier molecular flexibility index (Phi) is 5.65. The molecule has 2 aromatic heterocycles. The molecule has 0 aliphatic carbocycles. The molecule has 3 heterocycles. The SMILES string of the molecule is Cc1cc(N)cc2ccn(Cc3ccc(C4CCN(C(=O)OC(C)(C)C)CC4)cn3)c12. The number of pyridine rings is 1. The maximum atomic E-state index is 12.3. The summed E-state index contributed by atoms with van der Waals surface area (Å²) in [5.74, 6) is 0.429. The third-order valence-electron chi connectivity index (χ3n) is 5.87. The van der Waals surface area contributed by atoms with Crippen molar-refractivity contribution < 1.29 is 9.53 Å². The predicted molar refractivity (Wildman–Crippen MR) is 124 cm³/mol. The van der Waals surface area contributed by atoms with Crippen LogP contribution in [0, 0.1) is 6.92 Å². The van der Waals surface area contributed by atoms with Crippen molar-refractivity contribution in [2.75, 3.05) is 18.8 Å². The third kappa shape index (κ3) is 4.84. The Bertz CT molecular complexity index is 1070. The summed E-state index contributed by atoms with van der Waals surface area (Å²) >= 11 is 0. The zero-order valence-electron chi connectivity index (χ0n) is 18.9. The zero-order valence-corrected chi connectivity index (χ0v) is 18.9. The molecule has 31 heavy (non-hydrogen) atoms. The molecule has 0 unspecified atom stereocenters. The van der Waals surface area contributed by atoms with Gasteiger partial charge in [0.15, 0.2) is 0 Å². The van der Waals surface area contributed by atoms with Crippen LogP contribution >= 0.6 is 0 Å². The number of nitrogens with zero attached hydrogens (tertiary/aromatic N) is 3. The highest BCUT2D eigenvalue weighted by atomic mass is 16.6. The first-order chi connectivity index (χ1) is 14.7. The first-order valence-corrected chi connectivity index (χ1v) is 11.0. The average molecular weight is 421 g/mol. The van der Waals surface area contributed by atoms with Gasteiger partial charge < -0.3 is 19.9 Å². The minimum absolute atomic E-state index is 0.213. The van der Waals surface area contributed by atoms with Crippen molar-refractivity contribution in [1.82, 2.24) is 14.5 Å². The lowest BCUT2D eigenvalue weighted by atomic mass is 9.90. The number of nitrogen functional groups attached to an aromatic ring is 1. The van der Waals surface area contributed by atoms with Crippen LogP contribution in [0.1, 0.15) is 56.4 Å². The van der Waals surface area contributed by atoms with Crippen molar-refractivity contribution in [1.29, 1.82) is 0 Å². The first-order valence-electron chi connectivity index (χ1n) is 11.0. The van der Waals surface area contributed by atoms with Gasteiger partial charge in [-0.25, -0.2) is 4.79 Å². The predicted octanol–water partition coefficient (Wildman–Crippen LogP) is 5.09. The van der Waals surface area contributed by atoms with E-state index in [1.165, 1.54) is 16.6 Å². The van der Waals surface area contributed by atoms with E-state index in [-0.39, 0.29) is 6.09 Å². The minimum Gasteiger partial charge on any atom is -0.444 e. The van der Waals surface area contributed by atoms with E-state index in [0.29, 0.717) is 5.92 Å². The van der Waals surface area contributed by atoms with Gasteiger partial charge in [0, 0.05) is 36.6 Å². The fourth-order valence-corrected chi connectivity index (χ4v) is 4.40. The number of hydrogen-bond acceptors (Lipinski definition) is 4. The summed E-state index contributed by atoms with van der Waals surface area (Å²) in [5, 5.41) is 1.16. The molecule has 2 N–H and O–H groups in total. The number of hydrogen-bond donors (Lipinski definition) is 1. The second-order valence-corrected chi connectivity index (χ2v) is 9.54. The number of carbonyl (C=O) groups is 1. The zero-order chi connectivity index (χ0) is 22.2. The molecule has 164 valence electrons. The summed E-state index contributed by atoms with van der Waals surface area (Å²) < 4.78 is 7.72. The molecule has 1 aliphatic heterocycles. The molecule has 0 radical (unpaired) electrons. The van der Waals surface area contributed by atoms with Gasteiger partial charge in [-0.1, -0.05) is 6.07 Å². The number of amides is 1. The van der Waals surface area contributed by atoms with Crippen LogP contribution in [-0.4, -0.2) is 39.2 Å². The van der Waals surface area contributed by atoms with Gasteiger partial charge in [-0.3, -0.25) is 4.98 Å². The normalized spacial score (nSPS) is 15.4. The fraction of sp³-hybridized carbons (Fsp3) is 0.440. The summed E-state index contributed by atoms with van der Waals surface area (Å²) in [6, 6.07) is 10.4. The molecule has 4 rings (SSSR count). The van der Waals surface area contributed by atoms with Gasteiger partial charge in [0.1, 0.15) is 5.60 Å². The van der Waals surface area contributed by atoms with Crippen LogP contribution in [0.3, 0.4) is 0 Å². The lowest BCUT2D eigenvalue weighted by molar-refractivity contribution is 0.0205. The van der Waals surface area contributed by atoms with Gasteiger partial charge in [-0.05, 0) is 81.8 Å². The number of ether oxygens (including phenoxy) is 1. The summed E-state index contributed by atoms with van der Waals surface area (Å²) in [6.07, 6.45) is 5.75. The minimum atomic E-state index is -0.454. The van der Waals surface area contributed by atoms with Gasteiger partial charge >= 0.3 is 6.09 Å². The highest BCUT2D eigenvalue weighted by Gasteiger charge is 2.27. The van der Waals surface area contributed by atoms with E-state index < -0.39 is 5.60 Å². The number of aryl methyl sites for hydroxylation is 1. The molecule has 0 spiro atoms. The van der Waals surface area contributed by atoms with E-state index in [1.807, 2.05) is 44.0 Å². The number of aromatic nitrogens is 2. The van der Waals surface area contributed by atoms with Crippen molar-refractivity contribution in [3.63, 3.8) is 0 Å². The second-order valence-electron chi connectivity index (χ2n) is 9.54. The van der Waals surface area contributed by atoms with Gasteiger partial charge in [-0.15, -0.1) is 0 Å². The largest absolute Gasteiger partial charge is 0.444 e. The molecule has 1 saturated heterocycles. The van der Waals surface area contributed by atoms with Crippen molar-refractivity contribution in [2.45, 2.75) is 58.6 Å². The quantitative estimate of drug-likeness (QED) is 0.599. The molecular formula is C25H32N4O2. The van der Waals surface area contributed by atoms with Crippen molar-refractivity contribution in [3.05, 3.63) is 59.5 Å². The Labute approximate surface area is 184 Å².